The molecule has 0 radical (unpaired) electrons. The molecular formula is C13H18F3NO4S. The van der Waals surface area contributed by atoms with Crippen LogP contribution in [0.1, 0.15) is 26.2 Å². The first kappa shape index (κ1) is 17.3. The van der Waals surface area contributed by atoms with Crippen LogP contribution < -0.4 is 4.72 Å². The summed E-state index contributed by atoms with van der Waals surface area (Å²) in [4.78, 5) is 11.4. The maximum absolute atomic E-state index is 12.4. The molecule has 2 bridgehead atoms. The van der Waals surface area contributed by atoms with E-state index in [-0.39, 0.29) is 23.6 Å². The second-order valence-electron chi connectivity index (χ2n) is 5.78. The van der Waals surface area contributed by atoms with Gasteiger partial charge in [-0.05, 0) is 38.0 Å². The first-order valence-electron chi connectivity index (χ1n) is 7.00. The van der Waals surface area contributed by atoms with Gasteiger partial charge in [0.05, 0.1) is 5.75 Å². The predicted octanol–water partition coefficient (Wildman–Crippen LogP) is 1.75. The molecule has 0 heterocycles. The topological polar surface area (TPSA) is 72.5 Å². The van der Waals surface area contributed by atoms with Crippen molar-refractivity contribution in [2.75, 3.05) is 5.75 Å². The highest BCUT2D eigenvalue weighted by atomic mass is 32.2. The highest BCUT2D eigenvalue weighted by Crippen LogP contribution is 2.46. The van der Waals surface area contributed by atoms with E-state index in [0.29, 0.717) is 19.3 Å². The molecule has 9 heteroatoms. The fourth-order valence-corrected chi connectivity index (χ4v) is 4.07. The minimum atomic E-state index is -4.80. The van der Waals surface area contributed by atoms with E-state index in [2.05, 4.69) is 11.3 Å². The molecule has 0 aliphatic heterocycles. The van der Waals surface area contributed by atoms with E-state index in [4.69, 9.17) is 4.74 Å². The van der Waals surface area contributed by atoms with Gasteiger partial charge < -0.3 is 4.74 Å². The summed E-state index contributed by atoms with van der Waals surface area (Å²) in [5.41, 5.74) is -1.52. The van der Waals surface area contributed by atoms with Crippen LogP contribution in [0.5, 0.6) is 0 Å². The third-order valence-electron chi connectivity index (χ3n) is 4.35. The number of ether oxygens (including phenoxy) is 1. The summed E-state index contributed by atoms with van der Waals surface area (Å²) in [6, 6.07) is -0.226. The zero-order valence-corrected chi connectivity index (χ0v) is 12.8. The number of carbonyl (C=O) groups is 1. The second kappa shape index (κ2) is 5.84. The average Bonchev–Trinajstić information content (AvgIpc) is 2.95. The van der Waals surface area contributed by atoms with Crippen LogP contribution >= 0.6 is 0 Å². The van der Waals surface area contributed by atoms with Gasteiger partial charge in [-0.15, -0.1) is 0 Å². The zero-order chi connectivity index (χ0) is 16.7. The smallest absolute Gasteiger partial charge is 0.422 e. The zero-order valence-electron chi connectivity index (χ0n) is 12.0. The number of hydrogen-bond donors (Lipinski definition) is 1. The lowest BCUT2D eigenvalue weighted by Gasteiger charge is -2.28. The molecule has 0 amide bonds. The molecule has 0 spiro atoms. The first-order chi connectivity index (χ1) is 10.0. The van der Waals surface area contributed by atoms with Gasteiger partial charge in [0, 0.05) is 6.04 Å². The van der Waals surface area contributed by atoms with Crippen molar-refractivity contribution in [2.24, 2.45) is 11.8 Å². The van der Waals surface area contributed by atoms with Crippen molar-refractivity contribution < 1.29 is 31.1 Å². The number of hydrogen-bond acceptors (Lipinski definition) is 4. The van der Waals surface area contributed by atoms with Gasteiger partial charge in [-0.3, -0.25) is 0 Å². The molecule has 22 heavy (non-hydrogen) atoms. The van der Waals surface area contributed by atoms with Crippen LogP contribution in [0, 0.1) is 11.8 Å². The Hall–Kier alpha value is -1.09. The molecule has 4 atom stereocenters. The molecule has 2 fully saturated rings. The van der Waals surface area contributed by atoms with Gasteiger partial charge in [0.1, 0.15) is 11.7 Å². The molecule has 0 aromatic heterocycles. The van der Waals surface area contributed by atoms with Crippen LogP contribution in [0.15, 0.2) is 12.2 Å². The van der Waals surface area contributed by atoms with E-state index < -0.39 is 33.8 Å². The fourth-order valence-electron chi connectivity index (χ4n) is 3.15. The average molecular weight is 341 g/mol. The molecule has 5 nitrogen and oxygen atoms in total. The Morgan fingerprint density at radius 3 is 2.36 bits per heavy atom. The molecule has 2 rings (SSSR count). The number of fused-ring (bicyclic) bond motifs is 2. The van der Waals surface area contributed by atoms with Gasteiger partial charge >= 0.3 is 12.1 Å². The summed E-state index contributed by atoms with van der Waals surface area (Å²) < 4.78 is 67.7. The summed E-state index contributed by atoms with van der Waals surface area (Å²) in [6.07, 6.45) is -3.90. The number of rotatable bonds is 5. The Balaban J connectivity index is 1.91. The number of nitrogens with one attached hydrogen (secondary N) is 1. The number of alkyl halides is 3. The maximum Gasteiger partial charge on any atom is 0.422 e. The highest BCUT2D eigenvalue weighted by Gasteiger charge is 2.49. The Bertz CT molecular complexity index is 572. The van der Waals surface area contributed by atoms with Gasteiger partial charge in [0.25, 0.3) is 0 Å². The summed E-state index contributed by atoms with van der Waals surface area (Å²) in [6.45, 7) is 4.24. The molecule has 4 unspecified atom stereocenters. The van der Waals surface area contributed by atoms with E-state index in [1.165, 1.54) is 6.92 Å². The molecule has 2 aliphatic rings. The minimum absolute atomic E-state index is 0.0109. The predicted molar refractivity (Wildman–Crippen MR) is 72.3 cm³/mol. The van der Waals surface area contributed by atoms with Crippen molar-refractivity contribution in [3.8, 4) is 0 Å². The van der Waals surface area contributed by atoms with Crippen molar-refractivity contribution in [3.05, 3.63) is 12.2 Å². The van der Waals surface area contributed by atoms with Gasteiger partial charge in [-0.25, -0.2) is 17.9 Å². The number of sulfonamides is 1. The van der Waals surface area contributed by atoms with Crippen molar-refractivity contribution in [1.29, 1.82) is 0 Å². The molecule has 0 saturated heterocycles. The lowest BCUT2D eigenvalue weighted by molar-refractivity contribution is -0.157. The van der Waals surface area contributed by atoms with Gasteiger partial charge in [-0.1, -0.05) is 6.58 Å². The van der Waals surface area contributed by atoms with E-state index in [9.17, 15) is 26.4 Å². The normalized spacial score (nSPS) is 31.3. The summed E-state index contributed by atoms with van der Waals surface area (Å²) in [5, 5.41) is 0. The fraction of sp³-hybridized carbons (Fsp3) is 0.769. The SMILES string of the molecule is C=C(C(=O)OC1CC2CC1CC2NS(=O)(=O)CC)C(F)(F)F. The Morgan fingerprint density at radius 2 is 1.91 bits per heavy atom. The largest absolute Gasteiger partial charge is 0.458 e. The Labute approximate surface area is 126 Å². The Morgan fingerprint density at radius 1 is 1.27 bits per heavy atom. The molecule has 126 valence electrons. The van der Waals surface area contributed by atoms with Crippen molar-refractivity contribution in [2.45, 2.75) is 44.5 Å². The maximum atomic E-state index is 12.4. The highest BCUT2D eigenvalue weighted by molar-refractivity contribution is 7.89. The Kier molecular flexibility index (Phi) is 4.59. The standard InChI is InChI=1S/C13H18F3NO4S/c1-3-22(19,20)17-10-5-9-4-8(10)6-11(9)21-12(18)7(2)13(14,15)16/h8-11,17H,2-6H2,1H3. The first-order valence-corrected chi connectivity index (χ1v) is 8.65. The molecule has 2 saturated carbocycles. The van der Waals surface area contributed by atoms with E-state index >= 15 is 0 Å². The van der Waals surface area contributed by atoms with Crippen molar-refractivity contribution in [1.82, 2.24) is 4.72 Å². The monoisotopic (exact) mass is 341 g/mol. The van der Waals surface area contributed by atoms with Crippen LogP contribution in [-0.4, -0.2) is 38.5 Å². The molecule has 1 N–H and O–H groups in total. The van der Waals surface area contributed by atoms with Gasteiger partial charge in [-0.2, -0.15) is 13.2 Å². The van der Waals surface area contributed by atoms with E-state index in [0.717, 1.165) is 0 Å². The van der Waals surface area contributed by atoms with E-state index in [1.54, 1.807) is 0 Å². The molecule has 0 aromatic carbocycles. The van der Waals surface area contributed by atoms with Crippen LogP contribution in [0.2, 0.25) is 0 Å². The number of halogens is 3. The van der Waals surface area contributed by atoms with E-state index in [1.807, 2.05) is 0 Å². The second-order valence-corrected chi connectivity index (χ2v) is 7.82. The van der Waals surface area contributed by atoms with Crippen LogP contribution in [0.25, 0.3) is 0 Å². The molecule has 2 aliphatic carbocycles. The van der Waals surface area contributed by atoms with Gasteiger partial charge in [0.15, 0.2) is 0 Å². The quantitative estimate of drug-likeness (QED) is 0.611. The lowest BCUT2D eigenvalue weighted by atomic mass is 9.93. The van der Waals surface area contributed by atoms with Crippen LogP contribution in [-0.2, 0) is 19.6 Å². The molecular weight excluding hydrogens is 323 g/mol. The van der Waals surface area contributed by atoms with Crippen LogP contribution in [0.3, 0.4) is 0 Å². The van der Waals surface area contributed by atoms with Crippen molar-refractivity contribution >= 4 is 16.0 Å². The van der Waals surface area contributed by atoms with Crippen molar-refractivity contribution in [3.63, 3.8) is 0 Å². The number of carbonyl (C=O) groups excluding carboxylic acids is 1. The third-order valence-corrected chi connectivity index (χ3v) is 5.77. The minimum Gasteiger partial charge on any atom is -0.458 e. The third kappa shape index (κ3) is 3.62. The number of esters is 1. The summed E-state index contributed by atoms with van der Waals surface area (Å²) in [7, 11) is -3.32. The lowest BCUT2D eigenvalue weighted by Crippen LogP contribution is -2.42. The van der Waals surface area contributed by atoms with Crippen LogP contribution in [0.4, 0.5) is 13.2 Å². The van der Waals surface area contributed by atoms with Gasteiger partial charge in [0.2, 0.25) is 10.0 Å². The summed E-state index contributed by atoms with van der Waals surface area (Å²) >= 11 is 0. The molecule has 0 aromatic rings. The summed E-state index contributed by atoms with van der Waals surface area (Å²) in [5.74, 6) is -1.59.